The number of carbonyl (C=O) groups excluding carboxylic acids is 2. The number of methoxy groups -OCH3 is 1. The molecule has 158 valence electrons. The van der Waals surface area contributed by atoms with Crippen LogP contribution in [0.3, 0.4) is 0 Å². The van der Waals surface area contributed by atoms with Crippen molar-refractivity contribution in [2.75, 3.05) is 28.7 Å². The van der Waals surface area contributed by atoms with Gasteiger partial charge in [-0.2, -0.15) is 0 Å². The zero-order valence-corrected chi connectivity index (χ0v) is 19.3. The lowest BCUT2D eigenvalue weighted by atomic mass is 10.2. The minimum absolute atomic E-state index is 0.0485. The SMILES string of the molecule is COC(=O)CSc1nnc(NC(=O)C(C)N(c2cc(Cl)cc(Cl)c2)S(C)(=O)=O)s1. The number of thioether (sulfide) groups is 1. The molecule has 2 aromatic rings. The van der Waals surface area contributed by atoms with Gasteiger partial charge in [0, 0.05) is 10.0 Å². The molecule has 0 aliphatic rings. The van der Waals surface area contributed by atoms with Crippen LogP contribution in [-0.2, 0) is 24.3 Å². The van der Waals surface area contributed by atoms with Gasteiger partial charge < -0.3 is 4.74 Å². The summed E-state index contributed by atoms with van der Waals surface area (Å²) in [7, 11) is -2.56. The number of rotatable bonds is 8. The van der Waals surface area contributed by atoms with E-state index in [0.717, 1.165) is 33.7 Å². The first kappa shape index (κ1) is 23.7. The van der Waals surface area contributed by atoms with Gasteiger partial charge in [0.1, 0.15) is 6.04 Å². The smallest absolute Gasteiger partial charge is 0.316 e. The maximum absolute atomic E-state index is 12.6. The second-order valence-electron chi connectivity index (χ2n) is 5.59. The van der Waals surface area contributed by atoms with Gasteiger partial charge in [0.05, 0.1) is 24.8 Å². The molecular formula is C15H16Cl2N4O5S3. The Bertz CT molecular complexity index is 995. The molecule has 0 spiro atoms. The Morgan fingerprint density at radius 2 is 1.90 bits per heavy atom. The number of nitrogens with one attached hydrogen (secondary N) is 1. The third-order valence-electron chi connectivity index (χ3n) is 3.37. The first-order valence-electron chi connectivity index (χ1n) is 7.80. The molecule has 0 saturated heterocycles. The average Bonchev–Trinajstić information content (AvgIpc) is 3.05. The maximum Gasteiger partial charge on any atom is 0.316 e. The van der Waals surface area contributed by atoms with Crippen molar-refractivity contribution in [1.82, 2.24) is 10.2 Å². The largest absolute Gasteiger partial charge is 0.468 e. The van der Waals surface area contributed by atoms with Gasteiger partial charge in [0.25, 0.3) is 0 Å². The van der Waals surface area contributed by atoms with Crippen molar-refractivity contribution in [1.29, 1.82) is 0 Å². The van der Waals surface area contributed by atoms with Crippen LogP contribution in [-0.4, -0.2) is 55.7 Å². The molecule has 0 aliphatic heterocycles. The van der Waals surface area contributed by atoms with E-state index in [1.165, 1.54) is 32.2 Å². The summed E-state index contributed by atoms with van der Waals surface area (Å²) in [5.74, 6) is -1.01. The van der Waals surface area contributed by atoms with E-state index < -0.39 is 27.9 Å². The molecule has 1 aromatic carbocycles. The van der Waals surface area contributed by atoms with Gasteiger partial charge in [-0.25, -0.2) is 8.42 Å². The van der Waals surface area contributed by atoms with Gasteiger partial charge in [-0.3, -0.25) is 19.2 Å². The number of aromatic nitrogens is 2. The Morgan fingerprint density at radius 3 is 2.45 bits per heavy atom. The minimum Gasteiger partial charge on any atom is -0.468 e. The number of hydrogen-bond donors (Lipinski definition) is 1. The first-order valence-corrected chi connectivity index (χ1v) is 12.2. The van der Waals surface area contributed by atoms with Gasteiger partial charge in [0.15, 0.2) is 4.34 Å². The highest BCUT2D eigenvalue weighted by Crippen LogP contribution is 2.30. The van der Waals surface area contributed by atoms with Crippen LogP contribution in [0.25, 0.3) is 0 Å². The van der Waals surface area contributed by atoms with Crippen LogP contribution in [0.5, 0.6) is 0 Å². The van der Waals surface area contributed by atoms with Gasteiger partial charge in [-0.15, -0.1) is 10.2 Å². The molecule has 1 atom stereocenters. The molecule has 2 rings (SSSR count). The summed E-state index contributed by atoms with van der Waals surface area (Å²) in [6, 6.07) is 3.11. The number of anilines is 2. The monoisotopic (exact) mass is 498 g/mol. The molecule has 0 bridgehead atoms. The third kappa shape index (κ3) is 6.71. The zero-order chi connectivity index (χ0) is 21.8. The Hall–Kier alpha value is -1.60. The molecule has 14 heteroatoms. The van der Waals surface area contributed by atoms with E-state index >= 15 is 0 Å². The summed E-state index contributed by atoms with van der Waals surface area (Å²) in [6.45, 7) is 1.42. The number of benzene rings is 1. The molecule has 9 nitrogen and oxygen atoms in total. The molecule has 0 radical (unpaired) electrons. The molecule has 1 amide bonds. The standard InChI is InChI=1S/C15H16Cl2N4O5S3/c1-8(21(29(3,24)25)11-5-9(16)4-10(17)6-11)13(23)18-14-19-20-15(28-14)27-7-12(22)26-2/h4-6,8H,7H2,1-3H3,(H,18,19,23). The normalized spacial score (nSPS) is 12.3. The number of halogens is 2. The number of sulfonamides is 1. The zero-order valence-electron chi connectivity index (χ0n) is 15.4. The van der Waals surface area contributed by atoms with E-state index in [2.05, 4.69) is 20.3 Å². The first-order chi connectivity index (χ1) is 13.5. The predicted molar refractivity (Wildman–Crippen MR) is 115 cm³/mol. The lowest BCUT2D eigenvalue weighted by Gasteiger charge is -2.28. The third-order valence-corrected chi connectivity index (χ3v) is 6.99. The van der Waals surface area contributed by atoms with Gasteiger partial charge in [0.2, 0.25) is 21.1 Å². The summed E-state index contributed by atoms with van der Waals surface area (Å²) in [5.41, 5.74) is 0.152. The van der Waals surface area contributed by atoms with E-state index in [9.17, 15) is 18.0 Å². The van der Waals surface area contributed by atoms with E-state index in [-0.39, 0.29) is 26.6 Å². The number of carbonyl (C=O) groups is 2. The highest BCUT2D eigenvalue weighted by Gasteiger charge is 2.30. The molecular weight excluding hydrogens is 483 g/mol. The Kier molecular flexibility index (Phi) is 8.11. The van der Waals surface area contributed by atoms with Crippen molar-refractivity contribution in [3.63, 3.8) is 0 Å². The Labute approximate surface area is 185 Å². The number of esters is 1. The van der Waals surface area contributed by atoms with E-state index in [1.54, 1.807) is 0 Å². The number of hydrogen-bond acceptors (Lipinski definition) is 9. The van der Waals surface area contributed by atoms with Crippen LogP contribution >= 0.6 is 46.3 Å². The fourth-order valence-corrected chi connectivity index (χ4v) is 5.44. The summed E-state index contributed by atoms with van der Waals surface area (Å²) in [5, 5.41) is 10.8. The van der Waals surface area contributed by atoms with Gasteiger partial charge in [-0.05, 0) is 25.1 Å². The topological polar surface area (TPSA) is 119 Å². The summed E-state index contributed by atoms with van der Waals surface area (Å²) < 4.78 is 30.5. The van der Waals surface area contributed by atoms with Crippen molar-refractivity contribution in [2.45, 2.75) is 17.3 Å². The van der Waals surface area contributed by atoms with Crippen LogP contribution in [0.15, 0.2) is 22.5 Å². The molecule has 0 saturated carbocycles. The van der Waals surface area contributed by atoms with Crippen molar-refractivity contribution in [2.24, 2.45) is 0 Å². The van der Waals surface area contributed by atoms with E-state index in [4.69, 9.17) is 23.2 Å². The molecule has 0 aliphatic carbocycles. The summed E-state index contributed by atoms with van der Waals surface area (Å²) in [6.07, 6.45) is 0.970. The maximum atomic E-state index is 12.6. The highest BCUT2D eigenvalue weighted by atomic mass is 35.5. The summed E-state index contributed by atoms with van der Waals surface area (Å²) >= 11 is 14.1. The molecule has 1 unspecified atom stereocenters. The number of ether oxygens (including phenoxy) is 1. The second-order valence-corrected chi connectivity index (χ2v) is 10.5. The number of amides is 1. The van der Waals surface area contributed by atoms with Crippen LogP contribution in [0.4, 0.5) is 10.8 Å². The van der Waals surface area contributed by atoms with Crippen LogP contribution in [0, 0.1) is 0 Å². The molecule has 1 aromatic heterocycles. The lowest BCUT2D eigenvalue weighted by molar-refractivity contribution is -0.137. The fourth-order valence-electron chi connectivity index (χ4n) is 2.18. The Balaban J connectivity index is 2.18. The Morgan fingerprint density at radius 1 is 1.28 bits per heavy atom. The highest BCUT2D eigenvalue weighted by molar-refractivity contribution is 8.01. The van der Waals surface area contributed by atoms with Gasteiger partial charge in [-0.1, -0.05) is 46.3 Å². The average molecular weight is 499 g/mol. The second kappa shape index (κ2) is 9.94. The molecule has 0 fully saturated rings. The predicted octanol–water partition coefficient (Wildman–Crippen LogP) is 2.90. The minimum atomic E-state index is -3.84. The van der Waals surface area contributed by atoms with Crippen LogP contribution in [0.2, 0.25) is 10.0 Å². The fraction of sp³-hybridized carbons (Fsp3) is 0.333. The lowest BCUT2D eigenvalue weighted by Crippen LogP contribution is -2.45. The van der Waals surface area contributed by atoms with Crippen LogP contribution < -0.4 is 9.62 Å². The molecule has 29 heavy (non-hydrogen) atoms. The van der Waals surface area contributed by atoms with Crippen molar-refractivity contribution in [3.8, 4) is 0 Å². The quantitative estimate of drug-likeness (QED) is 0.335. The van der Waals surface area contributed by atoms with Crippen molar-refractivity contribution in [3.05, 3.63) is 28.2 Å². The van der Waals surface area contributed by atoms with E-state index in [0.29, 0.717) is 4.34 Å². The number of nitrogens with zero attached hydrogens (tertiary/aromatic N) is 3. The van der Waals surface area contributed by atoms with Crippen molar-refractivity contribution >= 4 is 79.0 Å². The van der Waals surface area contributed by atoms with Crippen LogP contribution in [0.1, 0.15) is 6.92 Å². The van der Waals surface area contributed by atoms with Crippen molar-refractivity contribution < 1.29 is 22.7 Å². The molecule has 1 N–H and O–H groups in total. The summed E-state index contributed by atoms with van der Waals surface area (Å²) in [4.78, 5) is 23.8. The molecule has 1 heterocycles. The van der Waals surface area contributed by atoms with Gasteiger partial charge >= 0.3 is 5.97 Å². The van der Waals surface area contributed by atoms with E-state index in [1.807, 2.05) is 0 Å².